The molecule has 0 saturated heterocycles. The van der Waals surface area contributed by atoms with E-state index in [0.717, 1.165) is 22.6 Å². The molecular weight excluding hydrogens is 292 g/mol. The van der Waals surface area contributed by atoms with Crippen molar-refractivity contribution >= 4 is 5.97 Å². The van der Waals surface area contributed by atoms with Crippen LogP contribution in [0.2, 0.25) is 0 Å². The second kappa shape index (κ2) is 7.74. The predicted octanol–water partition coefficient (Wildman–Crippen LogP) is 2.70. The van der Waals surface area contributed by atoms with Crippen molar-refractivity contribution in [1.82, 2.24) is 9.88 Å². The van der Waals surface area contributed by atoms with Crippen molar-refractivity contribution in [2.24, 2.45) is 0 Å². The number of methoxy groups -OCH3 is 1. The van der Waals surface area contributed by atoms with Gasteiger partial charge in [0.2, 0.25) is 0 Å². The molecule has 0 fully saturated rings. The monoisotopic (exact) mass is 314 g/mol. The first-order valence-corrected chi connectivity index (χ1v) is 7.50. The molecule has 0 radical (unpaired) electrons. The van der Waals surface area contributed by atoms with Gasteiger partial charge < -0.3 is 9.84 Å². The summed E-state index contributed by atoms with van der Waals surface area (Å²) >= 11 is 0. The number of nitrogens with zero attached hydrogens (tertiary/aromatic N) is 2. The highest BCUT2D eigenvalue weighted by Crippen LogP contribution is 2.26. The van der Waals surface area contributed by atoms with Crippen LogP contribution in [0.25, 0.3) is 0 Å². The standard InChI is InChI=1S/C18H22N2O3/c1-13-12-14(7-8-16(13)23-3)17(18(21)22)20(2)11-9-15-6-4-5-10-19-15/h4-8,10,12,17H,9,11H2,1-3H3,(H,21,22). The number of carboxylic acid groups (broad SMARTS) is 1. The molecule has 0 aliphatic rings. The van der Waals surface area contributed by atoms with Gasteiger partial charge >= 0.3 is 5.97 Å². The van der Waals surface area contributed by atoms with E-state index in [1.807, 2.05) is 55.3 Å². The molecule has 23 heavy (non-hydrogen) atoms. The SMILES string of the molecule is COc1ccc(C(C(=O)O)N(C)CCc2ccccn2)cc1C. The van der Waals surface area contributed by atoms with E-state index in [9.17, 15) is 9.90 Å². The lowest BCUT2D eigenvalue weighted by atomic mass is 10.0. The first kappa shape index (κ1) is 17.0. The summed E-state index contributed by atoms with van der Waals surface area (Å²) in [6.45, 7) is 2.52. The van der Waals surface area contributed by atoms with Crippen LogP contribution in [0.4, 0.5) is 0 Å². The second-order valence-corrected chi connectivity index (χ2v) is 5.52. The Kier molecular flexibility index (Phi) is 5.71. The normalized spacial score (nSPS) is 12.2. The van der Waals surface area contributed by atoms with Crippen molar-refractivity contribution in [2.75, 3.05) is 20.7 Å². The Bertz CT molecular complexity index is 659. The van der Waals surface area contributed by atoms with E-state index in [0.29, 0.717) is 13.0 Å². The van der Waals surface area contributed by atoms with Gasteiger partial charge in [-0.2, -0.15) is 0 Å². The van der Waals surface area contributed by atoms with Crippen LogP contribution in [0.5, 0.6) is 5.75 Å². The number of rotatable bonds is 7. The molecule has 2 rings (SSSR count). The summed E-state index contributed by atoms with van der Waals surface area (Å²) in [4.78, 5) is 17.8. The minimum absolute atomic E-state index is 0.610. The van der Waals surface area contributed by atoms with E-state index in [-0.39, 0.29) is 0 Å². The molecule has 1 N–H and O–H groups in total. The zero-order chi connectivity index (χ0) is 16.8. The third-order valence-electron chi connectivity index (χ3n) is 3.86. The van der Waals surface area contributed by atoms with E-state index in [1.165, 1.54) is 0 Å². The van der Waals surface area contributed by atoms with Gasteiger partial charge in [0.25, 0.3) is 0 Å². The molecule has 1 atom stereocenters. The fourth-order valence-electron chi connectivity index (χ4n) is 2.62. The summed E-state index contributed by atoms with van der Waals surface area (Å²) in [5.41, 5.74) is 2.63. The minimum atomic E-state index is -0.863. The maximum Gasteiger partial charge on any atom is 0.325 e. The summed E-state index contributed by atoms with van der Waals surface area (Å²) in [6.07, 6.45) is 2.45. The third kappa shape index (κ3) is 4.29. The van der Waals surface area contributed by atoms with Crippen LogP contribution in [-0.2, 0) is 11.2 Å². The van der Waals surface area contributed by atoms with Gasteiger partial charge in [0, 0.05) is 24.9 Å². The Hall–Kier alpha value is -2.40. The van der Waals surface area contributed by atoms with Crippen molar-refractivity contribution in [3.05, 3.63) is 59.4 Å². The van der Waals surface area contributed by atoms with Gasteiger partial charge in [-0.25, -0.2) is 0 Å². The molecule has 1 unspecified atom stereocenters. The van der Waals surface area contributed by atoms with Crippen molar-refractivity contribution < 1.29 is 14.6 Å². The number of likely N-dealkylation sites (N-methyl/N-ethyl adjacent to an activating group) is 1. The molecule has 0 spiro atoms. The zero-order valence-electron chi connectivity index (χ0n) is 13.7. The Labute approximate surface area is 136 Å². The second-order valence-electron chi connectivity index (χ2n) is 5.52. The number of ether oxygens (including phenoxy) is 1. The number of aliphatic carboxylic acids is 1. The summed E-state index contributed by atoms with van der Waals surface area (Å²) in [5, 5.41) is 9.62. The van der Waals surface area contributed by atoms with E-state index < -0.39 is 12.0 Å². The van der Waals surface area contributed by atoms with Crippen LogP contribution in [0.3, 0.4) is 0 Å². The van der Waals surface area contributed by atoms with Gasteiger partial charge in [0.05, 0.1) is 7.11 Å². The Morgan fingerprint density at radius 1 is 1.35 bits per heavy atom. The Morgan fingerprint density at radius 3 is 2.70 bits per heavy atom. The van der Waals surface area contributed by atoms with Crippen LogP contribution >= 0.6 is 0 Å². The highest BCUT2D eigenvalue weighted by Gasteiger charge is 2.25. The quantitative estimate of drug-likeness (QED) is 0.851. The molecule has 5 nitrogen and oxygen atoms in total. The van der Waals surface area contributed by atoms with Crippen LogP contribution in [0, 0.1) is 6.92 Å². The summed E-state index contributed by atoms with van der Waals surface area (Å²) in [6, 6.07) is 10.5. The molecule has 1 aromatic heterocycles. The molecule has 0 saturated carbocycles. The maximum atomic E-state index is 11.7. The lowest BCUT2D eigenvalue weighted by Gasteiger charge is -2.25. The molecule has 5 heteroatoms. The molecule has 0 amide bonds. The number of aromatic nitrogens is 1. The van der Waals surface area contributed by atoms with Crippen LogP contribution < -0.4 is 4.74 Å². The zero-order valence-corrected chi connectivity index (χ0v) is 13.7. The van der Waals surface area contributed by atoms with Crippen LogP contribution in [0.1, 0.15) is 22.9 Å². The van der Waals surface area contributed by atoms with Crippen molar-refractivity contribution in [3.8, 4) is 5.75 Å². The number of hydrogen-bond donors (Lipinski definition) is 1. The minimum Gasteiger partial charge on any atom is -0.496 e. The average Bonchev–Trinajstić information content (AvgIpc) is 2.54. The van der Waals surface area contributed by atoms with E-state index in [2.05, 4.69) is 4.98 Å². The van der Waals surface area contributed by atoms with E-state index in [1.54, 1.807) is 13.3 Å². The summed E-state index contributed by atoms with van der Waals surface area (Å²) < 4.78 is 5.24. The first-order valence-electron chi connectivity index (χ1n) is 7.50. The lowest BCUT2D eigenvalue weighted by molar-refractivity contribution is -0.143. The molecule has 0 bridgehead atoms. The fraction of sp³-hybridized carbons (Fsp3) is 0.333. The molecular formula is C18H22N2O3. The molecule has 2 aromatic rings. The number of benzene rings is 1. The van der Waals surface area contributed by atoms with E-state index >= 15 is 0 Å². The largest absolute Gasteiger partial charge is 0.496 e. The molecule has 1 heterocycles. The molecule has 1 aromatic carbocycles. The highest BCUT2D eigenvalue weighted by molar-refractivity contribution is 5.75. The number of hydrogen-bond acceptors (Lipinski definition) is 4. The van der Waals surface area contributed by atoms with Crippen molar-refractivity contribution in [3.63, 3.8) is 0 Å². The molecule has 122 valence electrons. The summed E-state index contributed by atoms with van der Waals surface area (Å²) in [5.74, 6) is -0.105. The van der Waals surface area contributed by atoms with Crippen molar-refractivity contribution in [1.29, 1.82) is 0 Å². The lowest BCUT2D eigenvalue weighted by Crippen LogP contribution is -2.32. The Balaban J connectivity index is 2.14. The van der Waals surface area contributed by atoms with Gasteiger partial charge in [0.1, 0.15) is 11.8 Å². The smallest absolute Gasteiger partial charge is 0.325 e. The van der Waals surface area contributed by atoms with Crippen LogP contribution in [-0.4, -0.2) is 41.7 Å². The van der Waals surface area contributed by atoms with Crippen LogP contribution in [0.15, 0.2) is 42.6 Å². The topological polar surface area (TPSA) is 62.7 Å². The van der Waals surface area contributed by atoms with Gasteiger partial charge in [-0.15, -0.1) is 0 Å². The van der Waals surface area contributed by atoms with Gasteiger partial charge in [0.15, 0.2) is 0 Å². The average molecular weight is 314 g/mol. The number of pyridine rings is 1. The number of aryl methyl sites for hydroxylation is 1. The fourth-order valence-corrected chi connectivity index (χ4v) is 2.62. The Morgan fingerprint density at radius 2 is 2.13 bits per heavy atom. The molecule has 0 aliphatic carbocycles. The first-order chi connectivity index (χ1) is 11.0. The predicted molar refractivity (Wildman–Crippen MR) is 88.7 cm³/mol. The highest BCUT2D eigenvalue weighted by atomic mass is 16.5. The third-order valence-corrected chi connectivity index (χ3v) is 3.86. The van der Waals surface area contributed by atoms with E-state index in [4.69, 9.17) is 4.74 Å². The van der Waals surface area contributed by atoms with Gasteiger partial charge in [-0.1, -0.05) is 18.2 Å². The van der Waals surface area contributed by atoms with Gasteiger partial charge in [-0.05, 0) is 43.3 Å². The van der Waals surface area contributed by atoms with Crippen molar-refractivity contribution in [2.45, 2.75) is 19.4 Å². The maximum absolute atomic E-state index is 11.7. The number of carbonyl (C=O) groups is 1. The van der Waals surface area contributed by atoms with Gasteiger partial charge in [-0.3, -0.25) is 14.7 Å². The molecule has 0 aliphatic heterocycles. The number of carboxylic acids is 1. The summed E-state index contributed by atoms with van der Waals surface area (Å²) in [7, 11) is 3.43.